The van der Waals surface area contributed by atoms with E-state index in [2.05, 4.69) is 21.3 Å². The number of hydrogen-bond donors (Lipinski definition) is 3. The van der Waals surface area contributed by atoms with Crippen LogP contribution in [0.25, 0.3) is 0 Å². The summed E-state index contributed by atoms with van der Waals surface area (Å²) in [6, 6.07) is 0. The number of carbonyl (C=O) groups is 1. The second-order valence-electron chi connectivity index (χ2n) is 8.17. The predicted molar refractivity (Wildman–Crippen MR) is 76.8 cm³/mol. The molecule has 2 bridgehead atoms. The molecule has 0 radical (unpaired) electrons. The van der Waals surface area contributed by atoms with Crippen LogP contribution < -0.4 is 35.9 Å². The van der Waals surface area contributed by atoms with E-state index in [0.29, 0.717) is 5.92 Å². The monoisotopic (exact) mass is 418 g/mol. The summed E-state index contributed by atoms with van der Waals surface area (Å²) in [5.41, 5.74) is 5.88. The zero-order valence-corrected chi connectivity index (χ0v) is 15.2. The van der Waals surface area contributed by atoms with Crippen molar-refractivity contribution < 1.29 is 31.0 Å². The van der Waals surface area contributed by atoms with Crippen LogP contribution in [0, 0.1) is 17.8 Å². The predicted octanol–water partition coefficient (Wildman–Crippen LogP) is -1.59. The van der Waals surface area contributed by atoms with E-state index in [1.54, 1.807) is 0 Å². The van der Waals surface area contributed by atoms with E-state index in [-0.39, 0.29) is 38.7 Å². The molecule has 2 aliphatic heterocycles. The Morgan fingerprint density at radius 1 is 1.18 bits per heavy atom. The number of rotatable bonds is 4. The van der Waals surface area contributed by atoms with Crippen molar-refractivity contribution in [3.63, 3.8) is 0 Å². The van der Waals surface area contributed by atoms with Gasteiger partial charge in [0, 0.05) is 0 Å². The SMILES string of the molecule is CC1(C2(C(=O)OC3(C4CC5CCC4C5)CCCC3)N[I-]2)NN1. The van der Waals surface area contributed by atoms with E-state index in [9.17, 15) is 4.79 Å². The van der Waals surface area contributed by atoms with E-state index in [1.165, 1.54) is 38.5 Å². The van der Waals surface area contributed by atoms with Gasteiger partial charge in [0.15, 0.2) is 0 Å². The number of alkyl halides is 1. The Kier molecular flexibility index (Phi) is 3.00. The first-order valence-corrected chi connectivity index (χ1v) is 10.9. The Labute approximate surface area is 142 Å². The summed E-state index contributed by atoms with van der Waals surface area (Å²) in [5.74, 6) is 2.39. The van der Waals surface area contributed by atoms with E-state index < -0.39 is 3.55 Å². The number of fused-ring (bicyclic) bond motifs is 2. The molecule has 2 saturated heterocycles. The van der Waals surface area contributed by atoms with Crippen molar-refractivity contribution >= 4 is 5.97 Å². The standard InChI is InChI=1S/C16H25IN3O2/c1-14(19-20-14)16(17-18-16)13(21)22-15(6-2-3-7-15)12-9-10-4-5-11(12)8-10/h10-12,18-20H,2-9H2,1H3/q-1. The first-order chi connectivity index (χ1) is 10.6. The Hall–Kier alpha value is 0.0800. The van der Waals surface area contributed by atoms with Gasteiger partial charge in [-0.2, -0.15) is 0 Å². The molecular formula is C16H25IN3O2-. The second kappa shape index (κ2) is 4.58. The maximum absolute atomic E-state index is 13.0. The van der Waals surface area contributed by atoms with Crippen LogP contribution >= 0.6 is 0 Å². The summed E-state index contributed by atoms with van der Waals surface area (Å²) in [5, 5.41) is 0. The number of halogens is 1. The number of hydrazine groups is 1. The first kappa shape index (κ1) is 14.4. The molecule has 5 nitrogen and oxygen atoms in total. The number of ether oxygens (including phenoxy) is 1. The summed E-state index contributed by atoms with van der Waals surface area (Å²) in [7, 11) is 0. The van der Waals surface area contributed by atoms with Gasteiger partial charge in [-0.3, -0.25) is 0 Å². The maximum atomic E-state index is 13.0. The second-order valence-corrected chi connectivity index (χ2v) is 10.9. The van der Waals surface area contributed by atoms with Crippen molar-refractivity contribution in [2.24, 2.45) is 17.8 Å². The molecular weight excluding hydrogens is 393 g/mol. The summed E-state index contributed by atoms with van der Waals surface area (Å²) < 4.78 is 9.32. The molecule has 124 valence electrons. The van der Waals surface area contributed by atoms with Gasteiger partial charge in [0.2, 0.25) is 0 Å². The first-order valence-electron chi connectivity index (χ1n) is 8.77. The Morgan fingerprint density at radius 2 is 1.91 bits per heavy atom. The van der Waals surface area contributed by atoms with E-state index in [0.717, 1.165) is 24.7 Å². The topological polar surface area (TPSA) is 92.1 Å². The Morgan fingerprint density at radius 3 is 2.41 bits per heavy atom. The minimum atomic E-state index is -0.431. The van der Waals surface area contributed by atoms with E-state index >= 15 is 0 Å². The molecule has 0 aromatic carbocycles. The molecule has 3 N–H and O–H groups in total. The van der Waals surface area contributed by atoms with Crippen LogP contribution in [-0.4, -0.2) is 20.8 Å². The fourth-order valence-corrected chi connectivity index (χ4v) is 7.62. The zero-order valence-electron chi connectivity index (χ0n) is 13.1. The number of esters is 1. The molecule has 6 heteroatoms. The molecule has 5 fully saturated rings. The minimum absolute atomic E-state index is 0.0185. The van der Waals surface area contributed by atoms with Crippen molar-refractivity contribution in [1.82, 2.24) is 14.4 Å². The van der Waals surface area contributed by atoms with Gasteiger partial charge in [-0.1, -0.05) is 0 Å². The number of nitrogens with one attached hydrogen (secondary N) is 3. The zero-order chi connectivity index (χ0) is 15.0. The normalized spacial score (nSPS) is 47.0. The third-order valence-corrected chi connectivity index (χ3v) is 10.1. The third-order valence-electron chi connectivity index (χ3n) is 6.91. The van der Waals surface area contributed by atoms with Gasteiger partial charge >= 0.3 is 142 Å². The average molecular weight is 418 g/mol. The molecule has 22 heavy (non-hydrogen) atoms. The Balaban J connectivity index is 1.38. The number of hydrogen-bond acceptors (Lipinski definition) is 5. The molecule has 4 atom stereocenters. The fourth-order valence-electron chi connectivity index (χ4n) is 5.45. The average Bonchev–Trinajstić information content (AvgIpc) is 3.31. The van der Waals surface area contributed by atoms with Crippen molar-refractivity contribution in [2.75, 3.05) is 0 Å². The van der Waals surface area contributed by atoms with Gasteiger partial charge < -0.3 is 0 Å². The van der Waals surface area contributed by atoms with E-state index in [1.807, 2.05) is 0 Å². The van der Waals surface area contributed by atoms with Crippen LogP contribution in [0.1, 0.15) is 58.3 Å². The van der Waals surface area contributed by atoms with Crippen molar-refractivity contribution in [1.29, 1.82) is 0 Å². The molecule has 0 spiro atoms. The summed E-state index contributed by atoms with van der Waals surface area (Å²) in [4.78, 5) is 13.0. The van der Waals surface area contributed by atoms with Gasteiger partial charge in [0.1, 0.15) is 0 Å². The molecule has 0 amide bonds. The van der Waals surface area contributed by atoms with E-state index in [4.69, 9.17) is 4.74 Å². The van der Waals surface area contributed by atoms with Crippen LogP contribution in [0.5, 0.6) is 0 Å². The van der Waals surface area contributed by atoms with Crippen LogP contribution in [-0.2, 0) is 9.53 Å². The Bertz CT molecular complexity index is 512. The summed E-state index contributed by atoms with van der Waals surface area (Å²) in [6.45, 7) is 2.06. The van der Waals surface area contributed by atoms with Crippen molar-refractivity contribution in [2.45, 2.75) is 73.1 Å². The molecule has 0 aromatic heterocycles. The van der Waals surface area contributed by atoms with Gasteiger partial charge in [-0.05, 0) is 0 Å². The molecule has 4 unspecified atom stereocenters. The third kappa shape index (κ3) is 1.90. The quantitative estimate of drug-likeness (QED) is 0.128. The van der Waals surface area contributed by atoms with Crippen LogP contribution in [0.4, 0.5) is 0 Å². The van der Waals surface area contributed by atoms with Crippen LogP contribution in [0.2, 0.25) is 0 Å². The van der Waals surface area contributed by atoms with Crippen LogP contribution in [0.15, 0.2) is 0 Å². The molecule has 5 aliphatic rings. The molecule has 3 saturated carbocycles. The van der Waals surface area contributed by atoms with Gasteiger partial charge in [0.05, 0.1) is 0 Å². The van der Waals surface area contributed by atoms with Crippen LogP contribution in [0.3, 0.4) is 0 Å². The molecule has 5 rings (SSSR count). The molecule has 0 aromatic rings. The van der Waals surface area contributed by atoms with Gasteiger partial charge in [-0.25, -0.2) is 0 Å². The van der Waals surface area contributed by atoms with Gasteiger partial charge in [0.25, 0.3) is 0 Å². The molecule has 3 aliphatic carbocycles. The summed E-state index contributed by atoms with van der Waals surface area (Å²) in [6.07, 6.45) is 10.1. The van der Waals surface area contributed by atoms with Crippen molar-refractivity contribution in [3.8, 4) is 0 Å². The number of carbonyl (C=O) groups excluding carboxylic acids is 1. The molecule has 2 heterocycles. The van der Waals surface area contributed by atoms with Crippen molar-refractivity contribution in [3.05, 3.63) is 0 Å². The summed E-state index contributed by atoms with van der Waals surface area (Å²) >= 11 is -0.294. The van der Waals surface area contributed by atoms with Gasteiger partial charge in [-0.15, -0.1) is 0 Å². The fraction of sp³-hybridized carbons (Fsp3) is 0.938.